The average molecular weight is 317 g/mol. The van der Waals surface area contributed by atoms with Gasteiger partial charge >= 0.3 is 5.97 Å². The molecule has 0 aliphatic rings. The molecule has 120 valence electrons. The fourth-order valence-corrected chi connectivity index (χ4v) is 1.94. The fourth-order valence-electron chi connectivity index (χ4n) is 1.94. The van der Waals surface area contributed by atoms with Crippen LogP contribution in [0.5, 0.6) is 5.75 Å². The maximum Gasteiger partial charge on any atom is 0.338 e. The Morgan fingerprint density at radius 2 is 1.90 bits per heavy atom. The lowest BCUT2D eigenvalue weighted by atomic mass is 10.2. The first-order valence-electron chi connectivity index (χ1n) is 7.15. The minimum Gasteiger partial charge on any atom is -1.00 e. The Balaban J connectivity index is 0.00000400. The van der Waals surface area contributed by atoms with Crippen LogP contribution < -0.4 is 27.8 Å². The normalized spacial score (nSPS) is 10.1. The molecular weight excluding hydrogens is 292 g/mol. The van der Waals surface area contributed by atoms with Gasteiger partial charge in [-0.3, -0.25) is 0 Å². The molecular formula is C15H25ClN2O3. The van der Waals surface area contributed by atoms with E-state index >= 15 is 0 Å². The van der Waals surface area contributed by atoms with Gasteiger partial charge in [0.1, 0.15) is 18.9 Å². The Kier molecular flexibility index (Phi) is 9.58. The first kappa shape index (κ1) is 19.5. The second kappa shape index (κ2) is 10.3. The van der Waals surface area contributed by atoms with Gasteiger partial charge in [-0.05, 0) is 39.0 Å². The highest BCUT2D eigenvalue weighted by Crippen LogP contribution is 2.22. The van der Waals surface area contributed by atoms with E-state index in [0.29, 0.717) is 30.2 Å². The van der Waals surface area contributed by atoms with Gasteiger partial charge in [-0.25, -0.2) is 4.79 Å². The van der Waals surface area contributed by atoms with Crippen molar-refractivity contribution in [3.8, 4) is 5.75 Å². The van der Waals surface area contributed by atoms with Crippen molar-refractivity contribution in [3.05, 3.63) is 23.8 Å². The topological polar surface area (TPSA) is 66.0 Å². The van der Waals surface area contributed by atoms with Crippen LogP contribution in [-0.4, -0.2) is 38.8 Å². The Hall–Kier alpha value is -1.46. The highest BCUT2D eigenvalue weighted by Gasteiger charge is 2.11. The number of carbonyl (C=O) groups excluding carboxylic acids is 1. The summed E-state index contributed by atoms with van der Waals surface area (Å²) < 4.78 is 10.6. The second-order valence-corrected chi connectivity index (χ2v) is 4.53. The highest BCUT2D eigenvalue weighted by atomic mass is 35.5. The van der Waals surface area contributed by atoms with Crippen LogP contribution in [0.4, 0.5) is 5.69 Å². The molecule has 0 aromatic heterocycles. The molecule has 0 heterocycles. The number of carbonyl (C=O) groups is 1. The molecule has 0 spiro atoms. The summed E-state index contributed by atoms with van der Waals surface area (Å²) in [6.07, 6.45) is 0. The molecule has 1 aromatic rings. The van der Waals surface area contributed by atoms with Gasteiger partial charge in [-0.2, -0.15) is 0 Å². The van der Waals surface area contributed by atoms with Crippen LogP contribution in [0, 0.1) is 0 Å². The van der Waals surface area contributed by atoms with E-state index in [9.17, 15) is 4.79 Å². The zero-order valence-corrected chi connectivity index (χ0v) is 13.7. The van der Waals surface area contributed by atoms with E-state index in [1.54, 1.807) is 18.2 Å². The van der Waals surface area contributed by atoms with E-state index < -0.39 is 0 Å². The third-order valence-electron chi connectivity index (χ3n) is 3.23. The number of benzene rings is 1. The number of likely N-dealkylation sites (N-methyl/N-ethyl adjacent to an activating group) is 1. The average Bonchev–Trinajstić information content (AvgIpc) is 2.45. The van der Waals surface area contributed by atoms with E-state index in [1.807, 2.05) is 6.92 Å². The molecule has 0 atom stereocenters. The summed E-state index contributed by atoms with van der Waals surface area (Å²) in [4.78, 5) is 13.3. The number of nitrogens with one attached hydrogen (secondary N) is 1. The Morgan fingerprint density at radius 1 is 1.24 bits per heavy atom. The summed E-state index contributed by atoms with van der Waals surface area (Å²) in [6, 6.07) is 4.97. The van der Waals surface area contributed by atoms with Gasteiger partial charge in [0.15, 0.2) is 0 Å². The van der Waals surface area contributed by atoms with E-state index in [-0.39, 0.29) is 18.4 Å². The van der Waals surface area contributed by atoms with Crippen molar-refractivity contribution in [2.75, 3.05) is 38.6 Å². The molecule has 0 unspecified atom stereocenters. The van der Waals surface area contributed by atoms with Crippen molar-refractivity contribution < 1.29 is 31.6 Å². The van der Waals surface area contributed by atoms with E-state index in [1.165, 1.54) is 4.90 Å². The van der Waals surface area contributed by atoms with Crippen molar-refractivity contribution >= 4 is 11.7 Å². The number of nitrogens with two attached hydrogens (primary N) is 1. The molecule has 0 bridgehead atoms. The van der Waals surface area contributed by atoms with Gasteiger partial charge in [0, 0.05) is 0 Å². The SMILES string of the molecule is CCOc1ccc(C(=O)OCC[NH+](CC)CC)cc1N.[Cl-]. The van der Waals surface area contributed by atoms with Crippen molar-refractivity contribution in [3.63, 3.8) is 0 Å². The molecule has 0 aliphatic carbocycles. The summed E-state index contributed by atoms with van der Waals surface area (Å²) in [6.45, 7) is 9.97. The number of ether oxygens (including phenoxy) is 2. The predicted octanol–water partition coefficient (Wildman–Crippen LogP) is -2.25. The standard InChI is InChI=1S/C15H24N2O3.ClH/c1-4-17(5-2)9-10-20-15(18)12-7-8-14(19-6-3)13(16)11-12;/h7-8,11H,4-6,9-10,16H2,1-3H3;1H. The first-order valence-corrected chi connectivity index (χ1v) is 7.15. The summed E-state index contributed by atoms with van der Waals surface area (Å²) in [7, 11) is 0. The van der Waals surface area contributed by atoms with E-state index in [4.69, 9.17) is 15.2 Å². The number of halogens is 1. The molecule has 1 rings (SSSR count). The monoisotopic (exact) mass is 316 g/mol. The number of anilines is 1. The summed E-state index contributed by atoms with van der Waals surface area (Å²) in [5.41, 5.74) is 6.74. The van der Waals surface area contributed by atoms with Crippen LogP contribution >= 0.6 is 0 Å². The largest absolute Gasteiger partial charge is 1.00 e. The van der Waals surface area contributed by atoms with Gasteiger partial charge in [0.2, 0.25) is 0 Å². The first-order chi connectivity index (χ1) is 9.62. The summed E-state index contributed by atoms with van der Waals surface area (Å²) in [5.74, 6) is 0.253. The summed E-state index contributed by atoms with van der Waals surface area (Å²) >= 11 is 0. The smallest absolute Gasteiger partial charge is 0.338 e. The molecule has 0 amide bonds. The zero-order valence-electron chi connectivity index (χ0n) is 12.9. The second-order valence-electron chi connectivity index (χ2n) is 4.53. The third kappa shape index (κ3) is 6.23. The quantitative estimate of drug-likeness (QED) is 0.420. The minimum atomic E-state index is -0.341. The lowest BCUT2D eigenvalue weighted by Gasteiger charge is -2.15. The predicted molar refractivity (Wildman–Crippen MR) is 79.2 cm³/mol. The fraction of sp³-hybridized carbons (Fsp3) is 0.533. The molecule has 21 heavy (non-hydrogen) atoms. The number of nitrogen functional groups attached to an aromatic ring is 1. The minimum absolute atomic E-state index is 0. The number of esters is 1. The molecule has 0 saturated carbocycles. The van der Waals surface area contributed by atoms with Gasteiger partial charge in [-0.1, -0.05) is 0 Å². The van der Waals surface area contributed by atoms with Crippen LogP contribution in [0.1, 0.15) is 31.1 Å². The molecule has 6 heteroatoms. The molecule has 0 fully saturated rings. The van der Waals surface area contributed by atoms with Crippen molar-refractivity contribution in [2.24, 2.45) is 0 Å². The lowest BCUT2D eigenvalue weighted by molar-refractivity contribution is -0.896. The molecule has 5 nitrogen and oxygen atoms in total. The Bertz CT molecular complexity index is 437. The molecule has 1 aromatic carbocycles. The molecule has 0 radical (unpaired) electrons. The van der Waals surface area contributed by atoms with Crippen LogP contribution in [0.2, 0.25) is 0 Å². The van der Waals surface area contributed by atoms with Crippen LogP contribution in [0.15, 0.2) is 18.2 Å². The van der Waals surface area contributed by atoms with Crippen LogP contribution in [0.3, 0.4) is 0 Å². The van der Waals surface area contributed by atoms with E-state index in [0.717, 1.165) is 19.6 Å². The molecule has 0 saturated heterocycles. The van der Waals surface area contributed by atoms with Crippen molar-refractivity contribution in [2.45, 2.75) is 20.8 Å². The zero-order chi connectivity index (χ0) is 15.0. The third-order valence-corrected chi connectivity index (χ3v) is 3.23. The van der Waals surface area contributed by atoms with Crippen molar-refractivity contribution in [1.29, 1.82) is 0 Å². The lowest BCUT2D eigenvalue weighted by Crippen LogP contribution is -3.11. The number of hydrogen-bond donors (Lipinski definition) is 2. The maximum absolute atomic E-state index is 11.9. The molecule has 0 aliphatic heterocycles. The number of rotatable bonds is 8. The van der Waals surface area contributed by atoms with Crippen molar-refractivity contribution in [1.82, 2.24) is 0 Å². The Morgan fingerprint density at radius 3 is 2.43 bits per heavy atom. The summed E-state index contributed by atoms with van der Waals surface area (Å²) in [5, 5.41) is 0. The van der Waals surface area contributed by atoms with E-state index in [2.05, 4.69) is 13.8 Å². The number of hydrogen-bond acceptors (Lipinski definition) is 4. The van der Waals surface area contributed by atoms with Gasteiger partial charge in [0.25, 0.3) is 0 Å². The number of quaternary nitrogens is 1. The van der Waals surface area contributed by atoms with Crippen LogP contribution in [-0.2, 0) is 4.74 Å². The highest BCUT2D eigenvalue weighted by molar-refractivity contribution is 5.91. The molecule has 3 N–H and O–H groups in total. The Labute approximate surface area is 132 Å². The van der Waals surface area contributed by atoms with Gasteiger partial charge < -0.3 is 32.5 Å². The van der Waals surface area contributed by atoms with Gasteiger partial charge in [0.05, 0.1) is 30.9 Å². The van der Waals surface area contributed by atoms with Gasteiger partial charge in [-0.15, -0.1) is 0 Å². The van der Waals surface area contributed by atoms with Crippen LogP contribution in [0.25, 0.3) is 0 Å². The maximum atomic E-state index is 11.9.